The van der Waals surface area contributed by atoms with Crippen LogP contribution in [0.25, 0.3) is 0 Å². The van der Waals surface area contributed by atoms with Gasteiger partial charge in [-0.05, 0) is 30.3 Å². The number of nitrogens with two attached hydrogens (primary N) is 1. The number of nitrogens with one attached hydrogen (secondary N) is 1. The minimum absolute atomic E-state index is 0.0920. The lowest BCUT2D eigenvalue weighted by molar-refractivity contribution is 0.632. The number of hydrogen-bond acceptors (Lipinski definition) is 4. The van der Waals surface area contributed by atoms with Crippen LogP contribution in [0.1, 0.15) is 5.69 Å². The number of nitrogen functional groups attached to an aromatic ring is 1. The average Bonchev–Trinajstić information content (AvgIpc) is 2.35. The second-order valence-electron chi connectivity index (χ2n) is 3.50. The average molecular weight is 263 g/mol. The predicted molar refractivity (Wildman–Crippen MR) is 68.1 cm³/mol. The zero-order chi connectivity index (χ0) is 13.1. The van der Waals surface area contributed by atoms with Gasteiger partial charge < -0.3 is 11.1 Å². The van der Waals surface area contributed by atoms with Gasteiger partial charge in [0.25, 0.3) is 0 Å². The number of benzene rings is 1. The van der Waals surface area contributed by atoms with Gasteiger partial charge in [0.05, 0.1) is 11.4 Å². The molecule has 3 N–H and O–H groups in total. The Morgan fingerprint density at radius 2 is 2.11 bits per heavy atom. The molecule has 0 bridgehead atoms. The Balaban J connectivity index is 2.32. The summed E-state index contributed by atoms with van der Waals surface area (Å²) in [6, 6.07) is 9.17. The fourth-order valence-corrected chi connectivity index (χ4v) is 1.52. The largest absolute Gasteiger partial charge is 0.396 e. The van der Waals surface area contributed by atoms with Gasteiger partial charge in [-0.1, -0.05) is 11.6 Å². The van der Waals surface area contributed by atoms with E-state index in [0.717, 1.165) is 0 Å². The fraction of sp³-hybridized carbons (Fsp3) is 0. The first kappa shape index (κ1) is 12.1. The first-order valence-electron chi connectivity index (χ1n) is 4.99. The molecule has 0 aliphatic heterocycles. The SMILES string of the molecule is N#Cc1nc(Nc2ccc(Cl)cc2F)ccc1N. The second-order valence-corrected chi connectivity index (χ2v) is 3.93. The van der Waals surface area contributed by atoms with Crippen molar-refractivity contribution in [2.24, 2.45) is 0 Å². The summed E-state index contributed by atoms with van der Waals surface area (Å²) in [5.41, 5.74) is 6.13. The van der Waals surface area contributed by atoms with E-state index in [4.69, 9.17) is 22.6 Å². The van der Waals surface area contributed by atoms with Gasteiger partial charge >= 0.3 is 0 Å². The maximum absolute atomic E-state index is 13.5. The standard InChI is InChI=1S/C12H8ClFN4/c13-7-1-3-10(8(14)5-7)17-12-4-2-9(16)11(6-15)18-12/h1-5H,16H2,(H,17,18). The number of halogens is 2. The van der Waals surface area contributed by atoms with E-state index in [2.05, 4.69) is 10.3 Å². The van der Waals surface area contributed by atoms with Crippen LogP contribution in [0.3, 0.4) is 0 Å². The van der Waals surface area contributed by atoms with E-state index in [1.807, 2.05) is 6.07 Å². The molecule has 0 unspecified atom stereocenters. The molecular formula is C12H8ClFN4. The number of aromatic nitrogens is 1. The summed E-state index contributed by atoms with van der Waals surface area (Å²) in [7, 11) is 0. The van der Waals surface area contributed by atoms with Crippen molar-refractivity contribution in [2.45, 2.75) is 0 Å². The van der Waals surface area contributed by atoms with Gasteiger partial charge in [-0.2, -0.15) is 5.26 Å². The Kier molecular flexibility index (Phi) is 3.31. The lowest BCUT2D eigenvalue weighted by Gasteiger charge is -2.07. The third-order valence-corrected chi connectivity index (χ3v) is 2.46. The smallest absolute Gasteiger partial charge is 0.165 e. The van der Waals surface area contributed by atoms with Crippen LogP contribution in [-0.2, 0) is 0 Å². The molecule has 0 radical (unpaired) electrons. The quantitative estimate of drug-likeness (QED) is 0.872. The first-order valence-corrected chi connectivity index (χ1v) is 5.36. The predicted octanol–water partition coefficient (Wildman–Crippen LogP) is 3.07. The molecular weight excluding hydrogens is 255 g/mol. The molecule has 0 aliphatic carbocycles. The van der Waals surface area contributed by atoms with Crippen molar-refractivity contribution in [3.8, 4) is 6.07 Å². The van der Waals surface area contributed by atoms with E-state index < -0.39 is 5.82 Å². The topological polar surface area (TPSA) is 74.7 Å². The van der Waals surface area contributed by atoms with Gasteiger partial charge in [0, 0.05) is 5.02 Å². The van der Waals surface area contributed by atoms with Gasteiger partial charge in [0.1, 0.15) is 17.7 Å². The molecule has 1 heterocycles. The summed E-state index contributed by atoms with van der Waals surface area (Å²) in [6.07, 6.45) is 0. The molecule has 2 rings (SSSR count). The van der Waals surface area contributed by atoms with Crippen LogP contribution in [0.2, 0.25) is 5.02 Å². The van der Waals surface area contributed by atoms with Crippen molar-refractivity contribution in [1.29, 1.82) is 5.26 Å². The highest BCUT2D eigenvalue weighted by molar-refractivity contribution is 6.30. The Bertz CT molecular complexity index is 636. The molecule has 0 aliphatic rings. The number of anilines is 3. The van der Waals surface area contributed by atoms with E-state index in [0.29, 0.717) is 10.8 Å². The highest BCUT2D eigenvalue weighted by Gasteiger charge is 2.06. The second kappa shape index (κ2) is 4.90. The number of rotatable bonds is 2. The highest BCUT2D eigenvalue weighted by Crippen LogP contribution is 2.22. The Morgan fingerprint density at radius 1 is 1.33 bits per heavy atom. The maximum atomic E-state index is 13.5. The van der Waals surface area contributed by atoms with Gasteiger partial charge in [-0.25, -0.2) is 9.37 Å². The molecule has 4 nitrogen and oxygen atoms in total. The van der Waals surface area contributed by atoms with Gasteiger partial charge in [-0.15, -0.1) is 0 Å². The summed E-state index contributed by atoms with van der Waals surface area (Å²) in [5.74, 6) is -0.165. The molecule has 2 aromatic rings. The molecule has 18 heavy (non-hydrogen) atoms. The zero-order valence-electron chi connectivity index (χ0n) is 9.11. The normalized spacial score (nSPS) is 9.83. The van der Waals surface area contributed by atoms with Crippen molar-refractivity contribution in [2.75, 3.05) is 11.1 Å². The molecule has 6 heteroatoms. The van der Waals surface area contributed by atoms with Gasteiger partial charge in [0.15, 0.2) is 5.69 Å². The zero-order valence-corrected chi connectivity index (χ0v) is 9.87. The number of hydrogen-bond donors (Lipinski definition) is 2. The lowest BCUT2D eigenvalue weighted by atomic mass is 10.3. The molecule has 90 valence electrons. The van der Waals surface area contributed by atoms with Crippen LogP contribution in [0.15, 0.2) is 30.3 Å². The van der Waals surface area contributed by atoms with Crippen LogP contribution in [-0.4, -0.2) is 4.98 Å². The van der Waals surface area contributed by atoms with Crippen molar-refractivity contribution in [1.82, 2.24) is 4.98 Å². The summed E-state index contributed by atoms with van der Waals surface area (Å²) in [5, 5.41) is 11.8. The minimum Gasteiger partial charge on any atom is -0.396 e. The molecule has 1 aromatic carbocycles. The van der Waals surface area contributed by atoms with Crippen molar-refractivity contribution in [3.63, 3.8) is 0 Å². The third-order valence-electron chi connectivity index (χ3n) is 2.23. The Labute approximate surface area is 108 Å². The minimum atomic E-state index is -0.500. The Hall–Kier alpha value is -2.32. The van der Waals surface area contributed by atoms with Crippen molar-refractivity contribution < 1.29 is 4.39 Å². The van der Waals surface area contributed by atoms with Gasteiger partial charge in [-0.3, -0.25) is 0 Å². The van der Waals surface area contributed by atoms with Crippen LogP contribution >= 0.6 is 11.6 Å². The summed E-state index contributed by atoms with van der Waals surface area (Å²) in [4.78, 5) is 3.95. The van der Waals surface area contributed by atoms with E-state index >= 15 is 0 Å². The van der Waals surface area contributed by atoms with Crippen LogP contribution in [0.4, 0.5) is 21.6 Å². The maximum Gasteiger partial charge on any atom is 0.165 e. The van der Waals surface area contributed by atoms with E-state index in [-0.39, 0.29) is 17.1 Å². The molecule has 0 fully saturated rings. The number of pyridine rings is 1. The monoisotopic (exact) mass is 262 g/mol. The lowest BCUT2D eigenvalue weighted by Crippen LogP contribution is -2.00. The number of nitrogens with zero attached hydrogens (tertiary/aromatic N) is 2. The first-order chi connectivity index (χ1) is 8.60. The molecule has 0 saturated heterocycles. The van der Waals surface area contributed by atoms with Crippen molar-refractivity contribution in [3.05, 3.63) is 46.9 Å². The van der Waals surface area contributed by atoms with Crippen LogP contribution < -0.4 is 11.1 Å². The highest BCUT2D eigenvalue weighted by atomic mass is 35.5. The van der Waals surface area contributed by atoms with Gasteiger partial charge in [0.2, 0.25) is 0 Å². The van der Waals surface area contributed by atoms with Crippen LogP contribution in [0.5, 0.6) is 0 Å². The van der Waals surface area contributed by atoms with E-state index in [1.54, 1.807) is 12.1 Å². The van der Waals surface area contributed by atoms with Crippen molar-refractivity contribution >= 4 is 28.8 Å². The summed E-state index contributed by atoms with van der Waals surface area (Å²) >= 11 is 5.65. The summed E-state index contributed by atoms with van der Waals surface area (Å²) in [6.45, 7) is 0. The van der Waals surface area contributed by atoms with E-state index in [1.165, 1.54) is 18.2 Å². The number of nitriles is 1. The molecule has 0 spiro atoms. The molecule has 0 saturated carbocycles. The van der Waals surface area contributed by atoms with E-state index in [9.17, 15) is 4.39 Å². The Morgan fingerprint density at radius 3 is 2.78 bits per heavy atom. The molecule has 0 atom stereocenters. The molecule has 1 aromatic heterocycles. The fourth-order valence-electron chi connectivity index (χ4n) is 1.36. The molecule has 0 amide bonds. The summed E-state index contributed by atoms with van der Waals surface area (Å²) < 4.78 is 13.5. The third kappa shape index (κ3) is 2.50. The van der Waals surface area contributed by atoms with Crippen LogP contribution in [0, 0.1) is 17.1 Å².